The quantitative estimate of drug-likeness (QED) is 0.466. The summed E-state index contributed by atoms with van der Waals surface area (Å²) in [6.07, 6.45) is 1.77. The normalized spacial score (nSPS) is 22.4. The average Bonchev–Trinajstić information content (AvgIpc) is 3.15. The molecule has 5 rings (SSSR count). The molecule has 2 aromatic rings. The summed E-state index contributed by atoms with van der Waals surface area (Å²) in [7, 11) is 3.37. The fraction of sp³-hybridized carbons (Fsp3) is 0.455. The monoisotopic (exact) mass is 558 g/mol. The first-order valence-electron chi connectivity index (χ1n) is 14.1. The molecule has 1 amide bonds. The molecule has 8 heteroatoms. The maximum absolute atomic E-state index is 14.0. The van der Waals surface area contributed by atoms with Crippen molar-refractivity contribution in [3.63, 3.8) is 0 Å². The fourth-order valence-corrected chi connectivity index (χ4v) is 6.67. The van der Waals surface area contributed by atoms with Crippen LogP contribution in [0.15, 0.2) is 46.9 Å². The first-order chi connectivity index (χ1) is 19.3. The van der Waals surface area contributed by atoms with Crippen LogP contribution < -0.4 is 4.74 Å². The van der Waals surface area contributed by atoms with Crippen LogP contribution >= 0.6 is 0 Å². The van der Waals surface area contributed by atoms with Crippen LogP contribution in [0.2, 0.25) is 0 Å². The van der Waals surface area contributed by atoms with Gasteiger partial charge in [0.25, 0.3) is 5.91 Å². The number of carboxylic acids is 1. The second kappa shape index (κ2) is 10.2. The Labute approximate surface area is 241 Å². The number of carbonyl (C=O) groups is 3. The fourth-order valence-electron chi connectivity index (χ4n) is 6.67. The number of aromatic nitrogens is 1. The summed E-state index contributed by atoms with van der Waals surface area (Å²) < 4.78 is 12.5. The van der Waals surface area contributed by atoms with E-state index in [-0.39, 0.29) is 34.8 Å². The topological polar surface area (TPSA) is 106 Å². The molecule has 1 aromatic heterocycles. The van der Waals surface area contributed by atoms with Crippen LogP contribution in [0.1, 0.15) is 80.1 Å². The molecule has 0 radical (unpaired) electrons. The molecular weight excluding hydrogens is 520 g/mol. The number of carbonyl (C=O) groups excluding carboxylic acids is 2. The van der Waals surface area contributed by atoms with Crippen molar-refractivity contribution in [3.05, 3.63) is 69.3 Å². The third-order valence-electron chi connectivity index (χ3n) is 8.93. The molecule has 8 nitrogen and oxygen atoms in total. The Morgan fingerprint density at radius 3 is 2.51 bits per heavy atom. The van der Waals surface area contributed by atoms with Gasteiger partial charge < -0.3 is 19.5 Å². The number of nitrogens with zero attached hydrogens (tertiary/aromatic N) is 2. The summed E-state index contributed by atoms with van der Waals surface area (Å²) in [5.74, 6) is -0.0442. The number of Topliss-reactive ketones (excluding diaryl/α,β-unsaturated/α-hetero) is 1. The zero-order chi connectivity index (χ0) is 30.0. The molecule has 1 N–H and O–H groups in total. The minimum absolute atomic E-state index is 0.0194. The molecule has 216 valence electrons. The zero-order valence-electron chi connectivity index (χ0n) is 25.0. The molecule has 2 aliphatic heterocycles. The van der Waals surface area contributed by atoms with Crippen molar-refractivity contribution in [2.24, 2.45) is 11.3 Å². The third kappa shape index (κ3) is 4.53. The Kier molecular flexibility index (Phi) is 7.08. The summed E-state index contributed by atoms with van der Waals surface area (Å²) in [6.45, 7) is 11.9. The molecular formula is C33H38N2O6. The van der Waals surface area contributed by atoms with Gasteiger partial charge in [0.05, 0.1) is 30.3 Å². The lowest BCUT2D eigenvalue weighted by molar-refractivity contribution is -0.126. The standard InChI is InChI=1S/C33H38N2O6/c1-9-16(2)29-30-27(31(37)35(29)7)26(25-21(36)14-33(5,6)15-23(25)41-30)24-18(4)19(11-13-22(24)40-8)20-12-10-17(3)28(34-20)32(38)39/h10-13,16,26,29H,9,14-15H2,1-8H3,(H,38,39)/t16-,26-,29+/m0/s1. The lowest BCUT2D eigenvalue weighted by Crippen LogP contribution is -2.37. The maximum atomic E-state index is 14.0. The van der Waals surface area contributed by atoms with Gasteiger partial charge in [0.1, 0.15) is 17.3 Å². The number of pyridine rings is 1. The number of hydrogen-bond donors (Lipinski definition) is 1. The molecule has 3 heterocycles. The molecule has 0 fully saturated rings. The van der Waals surface area contributed by atoms with Crippen molar-refractivity contribution < 1.29 is 29.0 Å². The first kappa shape index (κ1) is 28.6. The average molecular weight is 559 g/mol. The number of rotatable bonds is 6. The number of benzene rings is 1. The van der Waals surface area contributed by atoms with Crippen molar-refractivity contribution in [1.82, 2.24) is 9.88 Å². The van der Waals surface area contributed by atoms with Crippen molar-refractivity contribution in [3.8, 4) is 17.0 Å². The molecule has 1 aliphatic carbocycles. The number of methoxy groups -OCH3 is 1. The summed E-state index contributed by atoms with van der Waals surface area (Å²) >= 11 is 0. The number of allylic oxidation sites excluding steroid dienone is 2. The van der Waals surface area contributed by atoms with Gasteiger partial charge >= 0.3 is 5.97 Å². The second-order valence-electron chi connectivity index (χ2n) is 12.4. The van der Waals surface area contributed by atoms with Gasteiger partial charge in [-0.15, -0.1) is 0 Å². The number of ketones is 1. The number of amides is 1. The predicted molar refractivity (Wildman–Crippen MR) is 155 cm³/mol. The summed E-state index contributed by atoms with van der Waals surface area (Å²) in [5, 5.41) is 9.71. The van der Waals surface area contributed by atoms with Gasteiger partial charge in [-0.25, -0.2) is 9.78 Å². The van der Waals surface area contributed by atoms with Gasteiger partial charge in [-0.2, -0.15) is 0 Å². The van der Waals surface area contributed by atoms with E-state index >= 15 is 0 Å². The summed E-state index contributed by atoms with van der Waals surface area (Å²) in [5.41, 5.74) is 3.92. The van der Waals surface area contributed by atoms with Gasteiger partial charge in [-0.1, -0.05) is 40.2 Å². The molecule has 0 saturated carbocycles. The van der Waals surface area contributed by atoms with E-state index in [1.807, 2.05) is 19.1 Å². The minimum atomic E-state index is -1.10. The molecule has 3 atom stereocenters. The van der Waals surface area contributed by atoms with E-state index in [0.29, 0.717) is 63.6 Å². The van der Waals surface area contributed by atoms with Crippen LogP contribution in [0.25, 0.3) is 11.3 Å². The number of aryl methyl sites for hydroxylation is 1. The predicted octanol–water partition coefficient (Wildman–Crippen LogP) is 5.97. The number of likely N-dealkylation sites (N-methyl/N-ethyl adjacent to an activating group) is 1. The van der Waals surface area contributed by atoms with E-state index in [0.717, 1.165) is 12.0 Å². The third-order valence-corrected chi connectivity index (χ3v) is 8.93. The van der Waals surface area contributed by atoms with Crippen LogP contribution in [0, 0.1) is 25.2 Å². The number of ether oxygens (including phenoxy) is 2. The molecule has 3 aliphatic rings. The highest BCUT2D eigenvalue weighted by Gasteiger charge is 2.52. The molecule has 0 bridgehead atoms. The van der Waals surface area contributed by atoms with Gasteiger partial charge in [0.15, 0.2) is 11.5 Å². The van der Waals surface area contributed by atoms with Crippen molar-refractivity contribution in [1.29, 1.82) is 0 Å². The van der Waals surface area contributed by atoms with E-state index in [9.17, 15) is 19.5 Å². The van der Waals surface area contributed by atoms with Gasteiger partial charge in [-0.05, 0) is 54.5 Å². The zero-order valence-corrected chi connectivity index (χ0v) is 25.0. The minimum Gasteiger partial charge on any atom is -0.496 e. The maximum Gasteiger partial charge on any atom is 0.354 e. The van der Waals surface area contributed by atoms with Crippen LogP contribution in [0.4, 0.5) is 0 Å². The molecule has 0 unspecified atom stereocenters. The van der Waals surface area contributed by atoms with Crippen molar-refractivity contribution >= 4 is 17.7 Å². The van der Waals surface area contributed by atoms with Gasteiger partial charge in [0.2, 0.25) is 0 Å². The van der Waals surface area contributed by atoms with Gasteiger partial charge in [0, 0.05) is 36.6 Å². The van der Waals surface area contributed by atoms with E-state index < -0.39 is 11.9 Å². The Morgan fingerprint density at radius 2 is 1.88 bits per heavy atom. The van der Waals surface area contributed by atoms with Crippen LogP contribution in [0.3, 0.4) is 0 Å². The SMILES string of the molecule is CC[C@H](C)[C@@H]1C2=C(C(=O)N1C)[C@@H](c1c(OC)ccc(-c3ccc(C)c(C(=O)O)n3)c1C)C1=C(CC(C)(C)CC1=O)O2. The molecule has 0 spiro atoms. The first-order valence-corrected chi connectivity index (χ1v) is 14.1. The highest BCUT2D eigenvalue weighted by Crippen LogP contribution is 2.55. The van der Waals surface area contributed by atoms with Crippen molar-refractivity contribution in [2.45, 2.75) is 72.8 Å². The Morgan fingerprint density at radius 1 is 1.17 bits per heavy atom. The Bertz CT molecular complexity index is 1550. The highest BCUT2D eigenvalue weighted by atomic mass is 16.5. The second-order valence-corrected chi connectivity index (χ2v) is 12.4. The number of aromatic carboxylic acids is 1. The summed E-state index contributed by atoms with van der Waals surface area (Å²) in [4.78, 5) is 46.0. The summed E-state index contributed by atoms with van der Waals surface area (Å²) in [6, 6.07) is 6.94. The van der Waals surface area contributed by atoms with E-state index in [4.69, 9.17) is 9.47 Å². The molecule has 1 aromatic carbocycles. The van der Waals surface area contributed by atoms with E-state index in [2.05, 4.69) is 32.7 Å². The molecule has 0 saturated heterocycles. The van der Waals surface area contributed by atoms with Crippen LogP contribution in [0.5, 0.6) is 5.75 Å². The smallest absolute Gasteiger partial charge is 0.354 e. The van der Waals surface area contributed by atoms with E-state index in [1.165, 1.54) is 0 Å². The highest BCUT2D eigenvalue weighted by molar-refractivity contribution is 6.07. The number of carboxylic acid groups (broad SMARTS) is 1. The van der Waals surface area contributed by atoms with Crippen LogP contribution in [-0.4, -0.2) is 52.8 Å². The van der Waals surface area contributed by atoms with Gasteiger partial charge in [-0.3, -0.25) is 9.59 Å². The Balaban J connectivity index is 1.81. The van der Waals surface area contributed by atoms with E-state index in [1.54, 1.807) is 38.1 Å². The van der Waals surface area contributed by atoms with Crippen molar-refractivity contribution in [2.75, 3.05) is 14.2 Å². The Hall–Kier alpha value is -3.94. The van der Waals surface area contributed by atoms with Crippen LogP contribution in [-0.2, 0) is 14.3 Å². The molecule has 41 heavy (non-hydrogen) atoms. The lowest BCUT2D eigenvalue weighted by atomic mass is 9.68. The lowest BCUT2D eigenvalue weighted by Gasteiger charge is -2.39. The largest absolute Gasteiger partial charge is 0.496 e. The number of hydrogen-bond acceptors (Lipinski definition) is 6.